The molecule has 0 amide bonds. The zero-order valence-corrected chi connectivity index (χ0v) is 10.3. The Bertz CT molecular complexity index is 143. The SMILES string of the molecule is CC(CCN)CCCNCCC1CCC1. The summed E-state index contributed by atoms with van der Waals surface area (Å²) in [5.41, 5.74) is 5.52. The van der Waals surface area contributed by atoms with E-state index in [9.17, 15) is 0 Å². The van der Waals surface area contributed by atoms with Gasteiger partial charge in [0.25, 0.3) is 0 Å². The average Bonchev–Trinajstić information content (AvgIpc) is 2.14. The normalized spacial score (nSPS) is 18.8. The summed E-state index contributed by atoms with van der Waals surface area (Å²) < 4.78 is 0. The molecule has 0 radical (unpaired) electrons. The molecule has 1 saturated carbocycles. The van der Waals surface area contributed by atoms with Crippen LogP contribution in [0.4, 0.5) is 0 Å². The number of rotatable bonds is 9. The van der Waals surface area contributed by atoms with E-state index in [2.05, 4.69) is 12.2 Å². The van der Waals surface area contributed by atoms with Gasteiger partial charge < -0.3 is 11.1 Å². The molecule has 3 N–H and O–H groups in total. The first-order chi connectivity index (χ1) is 7.33. The first-order valence-corrected chi connectivity index (χ1v) is 6.73. The summed E-state index contributed by atoms with van der Waals surface area (Å²) in [5, 5.41) is 3.55. The van der Waals surface area contributed by atoms with Gasteiger partial charge in [-0.2, -0.15) is 0 Å². The van der Waals surface area contributed by atoms with Gasteiger partial charge in [-0.25, -0.2) is 0 Å². The molecule has 1 rings (SSSR count). The quantitative estimate of drug-likeness (QED) is 0.576. The van der Waals surface area contributed by atoms with E-state index >= 15 is 0 Å². The average molecular weight is 212 g/mol. The lowest BCUT2D eigenvalue weighted by atomic mass is 9.83. The number of hydrogen-bond donors (Lipinski definition) is 2. The fraction of sp³-hybridized carbons (Fsp3) is 1.00. The van der Waals surface area contributed by atoms with Crippen LogP contribution in [-0.2, 0) is 0 Å². The minimum absolute atomic E-state index is 0.809. The van der Waals surface area contributed by atoms with Crippen LogP contribution in [0.3, 0.4) is 0 Å². The van der Waals surface area contributed by atoms with E-state index in [-0.39, 0.29) is 0 Å². The van der Waals surface area contributed by atoms with Crippen molar-refractivity contribution in [2.75, 3.05) is 19.6 Å². The highest BCUT2D eigenvalue weighted by molar-refractivity contribution is 4.70. The highest BCUT2D eigenvalue weighted by atomic mass is 14.8. The van der Waals surface area contributed by atoms with Gasteiger partial charge in [0, 0.05) is 0 Å². The zero-order valence-electron chi connectivity index (χ0n) is 10.3. The lowest BCUT2D eigenvalue weighted by Crippen LogP contribution is -2.22. The largest absolute Gasteiger partial charge is 0.330 e. The summed E-state index contributed by atoms with van der Waals surface area (Å²) in [6.45, 7) is 5.58. The third-order valence-electron chi connectivity index (χ3n) is 3.66. The second-order valence-corrected chi connectivity index (χ2v) is 5.16. The van der Waals surface area contributed by atoms with Crippen molar-refractivity contribution in [3.8, 4) is 0 Å². The number of hydrogen-bond acceptors (Lipinski definition) is 2. The molecule has 0 spiro atoms. The fourth-order valence-corrected chi connectivity index (χ4v) is 2.22. The molecule has 1 aliphatic carbocycles. The Kier molecular flexibility index (Phi) is 7.03. The molecule has 0 heterocycles. The summed E-state index contributed by atoms with van der Waals surface area (Å²) in [7, 11) is 0. The van der Waals surface area contributed by atoms with Crippen LogP contribution in [0.5, 0.6) is 0 Å². The van der Waals surface area contributed by atoms with Crippen LogP contribution in [0.25, 0.3) is 0 Å². The number of nitrogens with two attached hydrogens (primary N) is 1. The lowest BCUT2D eigenvalue weighted by Gasteiger charge is -2.25. The Balaban J connectivity index is 1.76. The Hall–Kier alpha value is -0.0800. The molecular weight excluding hydrogens is 184 g/mol. The van der Waals surface area contributed by atoms with Crippen LogP contribution in [0, 0.1) is 11.8 Å². The van der Waals surface area contributed by atoms with Crippen LogP contribution in [0.15, 0.2) is 0 Å². The van der Waals surface area contributed by atoms with Gasteiger partial charge in [0.15, 0.2) is 0 Å². The Morgan fingerprint density at radius 1 is 1.27 bits per heavy atom. The van der Waals surface area contributed by atoms with Gasteiger partial charge in [-0.15, -0.1) is 0 Å². The second-order valence-electron chi connectivity index (χ2n) is 5.16. The van der Waals surface area contributed by atoms with E-state index in [0.29, 0.717) is 0 Å². The Morgan fingerprint density at radius 3 is 2.67 bits per heavy atom. The van der Waals surface area contributed by atoms with Crippen LogP contribution < -0.4 is 11.1 Å². The third kappa shape index (κ3) is 6.16. The molecule has 0 aromatic rings. The second kappa shape index (κ2) is 8.12. The topological polar surface area (TPSA) is 38.0 Å². The van der Waals surface area contributed by atoms with E-state index in [4.69, 9.17) is 5.73 Å². The molecule has 0 aliphatic heterocycles. The molecule has 0 aromatic heterocycles. The standard InChI is InChI=1S/C13H28N2/c1-12(7-9-14)4-3-10-15-11-8-13-5-2-6-13/h12-13,15H,2-11,14H2,1H3. The van der Waals surface area contributed by atoms with Crippen molar-refractivity contribution in [2.24, 2.45) is 17.6 Å². The van der Waals surface area contributed by atoms with E-state index in [1.807, 2.05) is 0 Å². The van der Waals surface area contributed by atoms with Gasteiger partial charge in [-0.3, -0.25) is 0 Å². The van der Waals surface area contributed by atoms with Crippen LogP contribution in [-0.4, -0.2) is 19.6 Å². The minimum Gasteiger partial charge on any atom is -0.330 e. The molecule has 1 unspecified atom stereocenters. The first kappa shape index (κ1) is 13.0. The van der Waals surface area contributed by atoms with Crippen LogP contribution in [0.2, 0.25) is 0 Å². The fourth-order valence-electron chi connectivity index (χ4n) is 2.22. The molecule has 0 aromatic carbocycles. The van der Waals surface area contributed by atoms with Crippen molar-refractivity contribution in [3.63, 3.8) is 0 Å². The number of nitrogens with one attached hydrogen (secondary N) is 1. The zero-order chi connectivity index (χ0) is 10.9. The summed E-state index contributed by atoms with van der Waals surface area (Å²) in [5.74, 6) is 1.86. The van der Waals surface area contributed by atoms with Gasteiger partial charge in [-0.1, -0.05) is 26.2 Å². The van der Waals surface area contributed by atoms with Crippen molar-refractivity contribution in [2.45, 2.75) is 51.9 Å². The van der Waals surface area contributed by atoms with Gasteiger partial charge in [0.1, 0.15) is 0 Å². The highest BCUT2D eigenvalue weighted by Crippen LogP contribution is 2.28. The molecule has 0 saturated heterocycles. The van der Waals surface area contributed by atoms with Crippen molar-refractivity contribution in [1.29, 1.82) is 0 Å². The summed E-state index contributed by atoms with van der Waals surface area (Å²) >= 11 is 0. The predicted octanol–water partition coefficient (Wildman–Crippen LogP) is 2.53. The maximum absolute atomic E-state index is 5.52. The first-order valence-electron chi connectivity index (χ1n) is 6.73. The van der Waals surface area contributed by atoms with E-state index < -0.39 is 0 Å². The van der Waals surface area contributed by atoms with E-state index in [1.54, 1.807) is 0 Å². The van der Waals surface area contributed by atoms with Crippen molar-refractivity contribution in [1.82, 2.24) is 5.32 Å². The Morgan fingerprint density at radius 2 is 2.07 bits per heavy atom. The molecule has 2 heteroatoms. The van der Waals surface area contributed by atoms with Gasteiger partial charge in [0.2, 0.25) is 0 Å². The van der Waals surface area contributed by atoms with Gasteiger partial charge in [0.05, 0.1) is 0 Å². The van der Waals surface area contributed by atoms with Crippen LogP contribution >= 0.6 is 0 Å². The predicted molar refractivity (Wildman–Crippen MR) is 66.9 cm³/mol. The lowest BCUT2D eigenvalue weighted by molar-refractivity contribution is 0.291. The molecule has 15 heavy (non-hydrogen) atoms. The summed E-state index contributed by atoms with van der Waals surface area (Å²) in [6.07, 6.45) is 9.66. The van der Waals surface area contributed by atoms with Gasteiger partial charge >= 0.3 is 0 Å². The van der Waals surface area contributed by atoms with Crippen LogP contribution in [0.1, 0.15) is 51.9 Å². The maximum atomic E-state index is 5.52. The van der Waals surface area contributed by atoms with E-state index in [1.165, 1.54) is 58.0 Å². The molecule has 2 nitrogen and oxygen atoms in total. The van der Waals surface area contributed by atoms with Crippen molar-refractivity contribution in [3.05, 3.63) is 0 Å². The Labute approximate surface area is 95.0 Å². The maximum Gasteiger partial charge on any atom is -0.00463 e. The highest BCUT2D eigenvalue weighted by Gasteiger charge is 2.15. The van der Waals surface area contributed by atoms with Crippen molar-refractivity contribution >= 4 is 0 Å². The van der Waals surface area contributed by atoms with Gasteiger partial charge in [-0.05, 0) is 57.2 Å². The van der Waals surface area contributed by atoms with E-state index in [0.717, 1.165) is 18.4 Å². The molecule has 90 valence electrons. The third-order valence-corrected chi connectivity index (χ3v) is 3.66. The molecule has 0 bridgehead atoms. The van der Waals surface area contributed by atoms with Crippen molar-refractivity contribution < 1.29 is 0 Å². The molecule has 1 atom stereocenters. The molecule has 1 aliphatic rings. The smallest absolute Gasteiger partial charge is 0.00463 e. The summed E-state index contributed by atoms with van der Waals surface area (Å²) in [4.78, 5) is 0. The molecule has 1 fully saturated rings. The summed E-state index contributed by atoms with van der Waals surface area (Å²) in [6, 6.07) is 0. The monoisotopic (exact) mass is 212 g/mol. The minimum atomic E-state index is 0.809. The molecular formula is C13H28N2.